The highest BCUT2D eigenvalue weighted by Gasteiger charge is 2.17. The molecule has 0 atom stereocenters. The molecule has 2 nitrogen and oxygen atoms in total. The third-order valence-corrected chi connectivity index (χ3v) is 3.15. The molecule has 0 radical (unpaired) electrons. The van der Waals surface area contributed by atoms with E-state index in [2.05, 4.69) is 33.8 Å². The molecular weight excluding hydrogens is 210 g/mol. The van der Waals surface area contributed by atoms with Crippen molar-refractivity contribution < 1.29 is 5.11 Å². The predicted octanol–water partition coefficient (Wildman–Crippen LogP) is 3.49. The van der Waals surface area contributed by atoms with Crippen LogP contribution in [0.4, 0.5) is 0 Å². The van der Waals surface area contributed by atoms with Crippen LogP contribution in [0.15, 0.2) is 12.1 Å². The van der Waals surface area contributed by atoms with Gasteiger partial charge >= 0.3 is 0 Å². The number of hydrogen-bond acceptors (Lipinski definition) is 2. The van der Waals surface area contributed by atoms with Gasteiger partial charge in [-0.1, -0.05) is 46.2 Å². The van der Waals surface area contributed by atoms with E-state index in [1.165, 1.54) is 5.56 Å². The van der Waals surface area contributed by atoms with Crippen LogP contribution in [0.25, 0.3) is 0 Å². The molecule has 0 heterocycles. The number of benzene rings is 1. The summed E-state index contributed by atoms with van der Waals surface area (Å²) in [6.45, 7) is 9.11. The van der Waals surface area contributed by atoms with Gasteiger partial charge in [0.25, 0.3) is 0 Å². The van der Waals surface area contributed by atoms with E-state index in [0.717, 1.165) is 30.4 Å². The van der Waals surface area contributed by atoms with E-state index in [1.807, 2.05) is 6.07 Å². The van der Waals surface area contributed by atoms with Crippen molar-refractivity contribution in [2.24, 2.45) is 5.73 Å². The Balaban J connectivity index is 3.19. The van der Waals surface area contributed by atoms with Crippen molar-refractivity contribution in [2.75, 3.05) is 0 Å². The van der Waals surface area contributed by atoms with Gasteiger partial charge < -0.3 is 10.8 Å². The molecule has 0 bridgehead atoms. The fraction of sp³-hybridized carbons (Fsp3) is 0.600. The number of aromatic hydroxyl groups is 1. The lowest BCUT2D eigenvalue weighted by Gasteiger charge is -2.22. The second-order valence-electron chi connectivity index (χ2n) is 5.70. The molecule has 17 heavy (non-hydrogen) atoms. The summed E-state index contributed by atoms with van der Waals surface area (Å²) in [6, 6.07) is 4.16. The Hall–Kier alpha value is -1.02. The predicted molar refractivity (Wildman–Crippen MR) is 73.3 cm³/mol. The van der Waals surface area contributed by atoms with Crippen LogP contribution in [0.5, 0.6) is 5.75 Å². The van der Waals surface area contributed by atoms with E-state index in [9.17, 15) is 5.11 Å². The molecule has 1 rings (SSSR count). The molecule has 0 saturated heterocycles. The molecule has 96 valence electrons. The highest BCUT2D eigenvalue weighted by molar-refractivity contribution is 5.45. The smallest absolute Gasteiger partial charge is 0.123 e. The van der Waals surface area contributed by atoms with Crippen molar-refractivity contribution in [3.05, 3.63) is 28.8 Å². The van der Waals surface area contributed by atoms with Gasteiger partial charge in [0.05, 0.1) is 0 Å². The van der Waals surface area contributed by atoms with Gasteiger partial charge in [-0.25, -0.2) is 0 Å². The number of rotatable bonds is 4. The first-order valence-corrected chi connectivity index (χ1v) is 6.45. The van der Waals surface area contributed by atoms with Crippen LogP contribution in [-0.2, 0) is 18.4 Å². The minimum absolute atomic E-state index is 0.0958. The number of nitrogens with two attached hydrogens (primary N) is 1. The first-order valence-electron chi connectivity index (χ1n) is 6.45. The maximum absolute atomic E-state index is 10.1. The van der Waals surface area contributed by atoms with Gasteiger partial charge in [0.2, 0.25) is 0 Å². The van der Waals surface area contributed by atoms with Gasteiger partial charge in [-0.2, -0.15) is 0 Å². The Bertz CT molecular complexity index is 377. The van der Waals surface area contributed by atoms with E-state index < -0.39 is 0 Å². The summed E-state index contributed by atoms with van der Waals surface area (Å²) in [4.78, 5) is 0. The Morgan fingerprint density at radius 2 is 1.76 bits per heavy atom. The third kappa shape index (κ3) is 3.47. The summed E-state index contributed by atoms with van der Waals surface area (Å²) in [5.74, 6) is 0.397. The molecule has 0 unspecified atom stereocenters. The molecule has 2 heteroatoms. The summed E-state index contributed by atoms with van der Waals surface area (Å²) >= 11 is 0. The highest BCUT2D eigenvalue weighted by atomic mass is 16.3. The first-order chi connectivity index (χ1) is 7.90. The SMILES string of the molecule is CCCCc1cc(C(C)(C)C)cc(CN)c1O. The van der Waals surface area contributed by atoms with Crippen LogP contribution in [0, 0.1) is 0 Å². The van der Waals surface area contributed by atoms with Crippen molar-refractivity contribution in [3.8, 4) is 5.75 Å². The molecule has 0 fully saturated rings. The van der Waals surface area contributed by atoms with E-state index in [1.54, 1.807) is 0 Å². The summed E-state index contributed by atoms with van der Waals surface area (Å²) in [5, 5.41) is 10.1. The topological polar surface area (TPSA) is 46.2 Å². The van der Waals surface area contributed by atoms with Crippen molar-refractivity contribution in [2.45, 2.75) is 58.9 Å². The van der Waals surface area contributed by atoms with E-state index >= 15 is 0 Å². The zero-order valence-corrected chi connectivity index (χ0v) is 11.5. The average Bonchev–Trinajstić information content (AvgIpc) is 2.26. The standard InChI is InChI=1S/C15H25NO/c1-5-6-7-11-8-13(15(2,3)4)9-12(10-16)14(11)17/h8-9,17H,5-7,10,16H2,1-4H3. The van der Waals surface area contributed by atoms with Gasteiger partial charge in [-0.3, -0.25) is 0 Å². The number of phenols is 1. The van der Waals surface area contributed by atoms with E-state index in [-0.39, 0.29) is 5.41 Å². The lowest BCUT2D eigenvalue weighted by Crippen LogP contribution is -2.13. The van der Waals surface area contributed by atoms with Crippen LogP contribution in [0.3, 0.4) is 0 Å². The normalized spacial score (nSPS) is 11.8. The molecule has 0 spiro atoms. The lowest BCUT2D eigenvalue weighted by atomic mass is 9.84. The van der Waals surface area contributed by atoms with Crippen molar-refractivity contribution >= 4 is 0 Å². The van der Waals surface area contributed by atoms with Crippen molar-refractivity contribution in [1.82, 2.24) is 0 Å². The van der Waals surface area contributed by atoms with Gasteiger partial charge in [0, 0.05) is 12.1 Å². The number of hydrogen-bond donors (Lipinski definition) is 2. The van der Waals surface area contributed by atoms with E-state index in [0.29, 0.717) is 12.3 Å². The van der Waals surface area contributed by atoms with Crippen LogP contribution in [0.2, 0.25) is 0 Å². The fourth-order valence-corrected chi connectivity index (χ4v) is 1.91. The molecule has 3 N–H and O–H groups in total. The maximum atomic E-state index is 10.1. The minimum atomic E-state index is 0.0958. The monoisotopic (exact) mass is 235 g/mol. The molecule has 1 aromatic carbocycles. The molecule has 1 aromatic rings. The van der Waals surface area contributed by atoms with E-state index in [4.69, 9.17) is 5.73 Å². The van der Waals surface area contributed by atoms with Crippen molar-refractivity contribution in [3.63, 3.8) is 0 Å². The maximum Gasteiger partial charge on any atom is 0.123 e. The number of phenolic OH excluding ortho intramolecular Hbond substituents is 1. The zero-order chi connectivity index (χ0) is 13.1. The van der Waals surface area contributed by atoms with Crippen LogP contribution in [-0.4, -0.2) is 5.11 Å². The Morgan fingerprint density at radius 3 is 2.24 bits per heavy atom. The highest BCUT2D eigenvalue weighted by Crippen LogP contribution is 2.31. The Kier molecular flexibility index (Phi) is 4.58. The minimum Gasteiger partial charge on any atom is -0.507 e. The second kappa shape index (κ2) is 5.54. The molecular formula is C15H25NO. The number of unbranched alkanes of at least 4 members (excludes halogenated alkanes) is 1. The summed E-state index contributed by atoms with van der Waals surface area (Å²) in [6.07, 6.45) is 3.17. The Morgan fingerprint density at radius 1 is 1.18 bits per heavy atom. The van der Waals surface area contributed by atoms with Crippen molar-refractivity contribution in [1.29, 1.82) is 0 Å². The molecule has 0 aromatic heterocycles. The molecule has 0 saturated carbocycles. The van der Waals surface area contributed by atoms with Crippen LogP contribution >= 0.6 is 0 Å². The molecule has 0 aliphatic carbocycles. The second-order valence-corrected chi connectivity index (χ2v) is 5.70. The third-order valence-electron chi connectivity index (χ3n) is 3.15. The zero-order valence-electron chi connectivity index (χ0n) is 11.5. The summed E-state index contributed by atoms with van der Waals surface area (Å²) in [5.41, 5.74) is 8.95. The Labute approximate surface area is 105 Å². The number of aryl methyl sites for hydroxylation is 1. The van der Waals surface area contributed by atoms with Gasteiger partial charge in [0.15, 0.2) is 0 Å². The van der Waals surface area contributed by atoms with Gasteiger partial charge in [-0.05, 0) is 29.4 Å². The summed E-state index contributed by atoms with van der Waals surface area (Å²) in [7, 11) is 0. The molecule has 0 aliphatic heterocycles. The molecule has 0 amide bonds. The summed E-state index contributed by atoms with van der Waals surface area (Å²) < 4.78 is 0. The van der Waals surface area contributed by atoms with Gasteiger partial charge in [0.1, 0.15) is 5.75 Å². The fourth-order valence-electron chi connectivity index (χ4n) is 1.91. The largest absolute Gasteiger partial charge is 0.507 e. The van der Waals surface area contributed by atoms with Crippen LogP contribution < -0.4 is 5.73 Å². The van der Waals surface area contributed by atoms with Crippen LogP contribution in [0.1, 0.15) is 57.2 Å². The molecule has 0 aliphatic rings. The quantitative estimate of drug-likeness (QED) is 0.839. The lowest BCUT2D eigenvalue weighted by molar-refractivity contribution is 0.458. The average molecular weight is 235 g/mol. The first kappa shape index (κ1) is 14.0. The van der Waals surface area contributed by atoms with Gasteiger partial charge in [-0.15, -0.1) is 0 Å².